The van der Waals surface area contributed by atoms with Gasteiger partial charge >= 0.3 is 0 Å². The summed E-state index contributed by atoms with van der Waals surface area (Å²) in [5.74, 6) is 0. The highest BCUT2D eigenvalue weighted by molar-refractivity contribution is 7.21. The van der Waals surface area contributed by atoms with Crippen molar-refractivity contribution in [3.05, 3.63) is 211 Å². The van der Waals surface area contributed by atoms with Crippen molar-refractivity contribution in [2.24, 2.45) is 9.98 Å². The van der Waals surface area contributed by atoms with E-state index in [0.29, 0.717) is 0 Å². The molecule has 9 aromatic carbocycles. The molecule has 11 aromatic rings. The van der Waals surface area contributed by atoms with Crippen molar-refractivity contribution in [3.8, 4) is 22.3 Å². The average Bonchev–Trinajstić information content (AvgIpc) is 3.70. The molecular weight excluding hydrogens is 761 g/mol. The van der Waals surface area contributed by atoms with E-state index >= 15 is 0 Å². The van der Waals surface area contributed by atoms with E-state index in [1.54, 1.807) is 11.3 Å². The van der Waals surface area contributed by atoms with Crippen LogP contribution in [0.15, 0.2) is 210 Å². The highest BCUT2D eigenvalue weighted by atomic mass is 32.1. The van der Waals surface area contributed by atoms with Crippen LogP contribution in [0.25, 0.3) is 75.6 Å². The van der Waals surface area contributed by atoms with Crippen LogP contribution in [0.1, 0.15) is 10.4 Å². The lowest BCUT2D eigenvalue weighted by Gasteiger charge is -2.26. The summed E-state index contributed by atoms with van der Waals surface area (Å²) in [6, 6.07) is 70.1. The zero-order chi connectivity index (χ0) is 40.9. The lowest BCUT2D eigenvalue weighted by Crippen LogP contribution is -2.10. The molecule has 0 aliphatic rings. The number of aliphatic imine (C=N–C) groups is 2. The molecule has 0 unspecified atom stereocenters. The van der Waals surface area contributed by atoms with Gasteiger partial charge in [0.15, 0.2) is 0 Å². The molecule has 4 nitrogen and oxygen atoms in total. The molecule has 0 radical (unpaired) electrons. The van der Waals surface area contributed by atoms with Gasteiger partial charge < -0.3 is 4.90 Å². The summed E-state index contributed by atoms with van der Waals surface area (Å²) in [5, 5.41) is 11.1. The second-order valence-corrected chi connectivity index (χ2v) is 16.3. The van der Waals surface area contributed by atoms with E-state index in [2.05, 4.69) is 204 Å². The van der Waals surface area contributed by atoms with Gasteiger partial charge in [0.05, 0.1) is 16.3 Å². The molecule has 0 atom stereocenters. The van der Waals surface area contributed by atoms with Crippen LogP contribution in [0.2, 0.25) is 0 Å². The zero-order valence-corrected chi connectivity index (χ0v) is 34.3. The number of hydrogen-bond donors (Lipinski definition) is 0. The first-order chi connectivity index (χ1) is 30.1. The van der Waals surface area contributed by atoms with Crippen molar-refractivity contribution in [1.82, 2.24) is 4.98 Å². The predicted molar refractivity (Wildman–Crippen MR) is 262 cm³/mol. The van der Waals surface area contributed by atoms with Crippen LogP contribution in [-0.2, 0) is 0 Å². The Kier molecular flexibility index (Phi) is 9.02. The van der Waals surface area contributed by atoms with Gasteiger partial charge in [-0.25, -0.2) is 4.98 Å². The van der Waals surface area contributed by atoms with Crippen LogP contribution in [0.5, 0.6) is 0 Å². The topological polar surface area (TPSA) is 40.9 Å². The van der Waals surface area contributed by atoms with E-state index in [-0.39, 0.29) is 0 Å². The molecule has 0 fully saturated rings. The van der Waals surface area contributed by atoms with E-state index in [0.717, 1.165) is 49.1 Å². The van der Waals surface area contributed by atoms with Gasteiger partial charge in [0, 0.05) is 41.3 Å². The normalized spacial score (nSPS) is 11.9. The molecule has 0 spiro atoms. The molecule has 0 bridgehead atoms. The smallest absolute Gasteiger partial charge is 0.126 e. The third kappa shape index (κ3) is 6.44. The summed E-state index contributed by atoms with van der Waals surface area (Å²) in [6.07, 6.45) is 1.81. The monoisotopic (exact) mass is 798 g/mol. The van der Waals surface area contributed by atoms with Gasteiger partial charge in [-0.15, -0.1) is 11.3 Å². The van der Waals surface area contributed by atoms with Crippen molar-refractivity contribution in [2.45, 2.75) is 0 Å². The fraction of sp³-hybridized carbons (Fsp3) is 0.0179. The maximum atomic E-state index is 4.77. The molecule has 0 N–H and O–H groups in total. The van der Waals surface area contributed by atoms with Gasteiger partial charge in [-0.1, -0.05) is 133 Å². The summed E-state index contributed by atoms with van der Waals surface area (Å²) in [7, 11) is 1.83. The maximum Gasteiger partial charge on any atom is 0.126 e. The number of anilines is 3. The summed E-state index contributed by atoms with van der Waals surface area (Å²) >= 11 is 1.59. The Morgan fingerprint density at radius 2 is 0.934 bits per heavy atom. The van der Waals surface area contributed by atoms with E-state index in [4.69, 9.17) is 4.99 Å². The number of benzene rings is 9. The first-order valence-electron chi connectivity index (χ1n) is 20.4. The molecule has 0 saturated heterocycles. The SMILES string of the molecule is C=Nc1c(/C(=N\C)c2ccc(N(c3ccc(-c4ccc5c(ccc6ccccc65)c4)cc3)c3ccc(-c4ccc5c(ccc6ccccc65)c4)cc3)cc2)sc2ncccc12. The molecule has 0 aliphatic heterocycles. The number of nitrogens with zero attached hydrogens (tertiary/aromatic N) is 4. The molecule has 0 aliphatic carbocycles. The maximum absolute atomic E-state index is 4.77. The first kappa shape index (κ1) is 36.4. The van der Waals surface area contributed by atoms with Crippen LogP contribution in [-0.4, -0.2) is 24.5 Å². The highest BCUT2D eigenvalue weighted by Crippen LogP contribution is 2.41. The Balaban J connectivity index is 0.964. The Morgan fingerprint density at radius 1 is 0.475 bits per heavy atom. The van der Waals surface area contributed by atoms with Crippen molar-refractivity contribution in [1.29, 1.82) is 0 Å². The fourth-order valence-electron chi connectivity index (χ4n) is 8.81. The first-order valence-corrected chi connectivity index (χ1v) is 21.2. The van der Waals surface area contributed by atoms with Gasteiger partial charge in [0.25, 0.3) is 0 Å². The summed E-state index contributed by atoms with van der Waals surface area (Å²) in [6.45, 7) is 3.90. The van der Waals surface area contributed by atoms with E-state index in [1.807, 2.05) is 25.4 Å². The second kappa shape index (κ2) is 15.1. The van der Waals surface area contributed by atoms with Crippen LogP contribution in [0, 0.1) is 0 Å². The zero-order valence-electron chi connectivity index (χ0n) is 33.5. The van der Waals surface area contributed by atoms with Crippen molar-refractivity contribution < 1.29 is 0 Å². The number of aromatic nitrogens is 1. The van der Waals surface area contributed by atoms with Crippen LogP contribution in [0.4, 0.5) is 22.7 Å². The number of hydrogen-bond acceptors (Lipinski definition) is 5. The number of rotatable bonds is 8. The molecule has 2 heterocycles. The van der Waals surface area contributed by atoms with Gasteiger partial charge in [-0.2, -0.15) is 0 Å². The van der Waals surface area contributed by atoms with Gasteiger partial charge in [-0.3, -0.25) is 9.98 Å². The molecule has 0 amide bonds. The Morgan fingerprint density at radius 3 is 1.46 bits per heavy atom. The van der Waals surface area contributed by atoms with Gasteiger partial charge in [0.1, 0.15) is 4.83 Å². The van der Waals surface area contributed by atoms with E-state index in [1.165, 1.54) is 65.3 Å². The van der Waals surface area contributed by atoms with Crippen molar-refractivity contribution in [3.63, 3.8) is 0 Å². The van der Waals surface area contributed by atoms with E-state index in [9.17, 15) is 0 Å². The lowest BCUT2D eigenvalue weighted by atomic mass is 9.97. The fourth-order valence-corrected chi connectivity index (χ4v) is 9.96. The standard InChI is InChI=1S/C56H38N4S/c1-57-53(55-54(58-2)52-12-7-33-59-56(52)61-55)40-21-29-47(30-22-40)60(45-25-17-36(18-26-45)41-23-31-50-43(34-41)15-13-38-8-3-5-10-48(38)50)46-27-19-37(20-28-46)42-24-32-51-44(35-42)16-14-39-9-4-6-11-49(39)51/h3-35H,2H2,1H3/b57-53-. The van der Waals surface area contributed by atoms with Crippen molar-refractivity contribution in [2.75, 3.05) is 11.9 Å². The minimum absolute atomic E-state index is 0.819. The van der Waals surface area contributed by atoms with Crippen molar-refractivity contribution >= 4 is 99.8 Å². The molecule has 5 heteroatoms. The van der Waals surface area contributed by atoms with Crippen LogP contribution < -0.4 is 4.90 Å². The Hall–Kier alpha value is -7.73. The Bertz CT molecular complexity index is 3330. The summed E-state index contributed by atoms with van der Waals surface area (Å²) < 4.78 is 0. The second-order valence-electron chi connectivity index (χ2n) is 15.3. The quantitative estimate of drug-likeness (QED) is 0.113. The van der Waals surface area contributed by atoms with Crippen LogP contribution >= 0.6 is 11.3 Å². The molecule has 11 rings (SSSR count). The molecular formula is C56H38N4S. The third-order valence-corrected chi connectivity index (χ3v) is 13.0. The van der Waals surface area contributed by atoms with E-state index < -0.39 is 0 Å². The molecule has 2 aromatic heterocycles. The third-order valence-electron chi connectivity index (χ3n) is 11.8. The molecule has 288 valence electrons. The average molecular weight is 799 g/mol. The molecule has 61 heavy (non-hydrogen) atoms. The lowest BCUT2D eigenvalue weighted by molar-refractivity contribution is 1.28. The predicted octanol–water partition coefficient (Wildman–Crippen LogP) is 15.5. The van der Waals surface area contributed by atoms with Gasteiger partial charge in [0.2, 0.25) is 0 Å². The Labute approximate surface area is 358 Å². The molecule has 0 saturated carbocycles. The number of pyridine rings is 1. The van der Waals surface area contributed by atoms with Gasteiger partial charge in [-0.05, 0) is 133 Å². The minimum atomic E-state index is 0.819. The number of thiophene rings is 1. The van der Waals surface area contributed by atoms with Crippen LogP contribution in [0.3, 0.4) is 0 Å². The summed E-state index contributed by atoms with van der Waals surface area (Å²) in [5.41, 5.74) is 10.6. The summed E-state index contributed by atoms with van der Waals surface area (Å²) in [4.78, 5) is 18.0. The minimum Gasteiger partial charge on any atom is -0.311 e. The largest absolute Gasteiger partial charge is 0.311 e. The number of fused-ring (bicyclic) bond motifs is 7. The highest BCUT2D eigenvalue weighted by Gasteiger charge is 2.20.